The topological polar surface area (TPSA) is 79.1 Å². The molecule has 0 spiro atoms. The first kappa shape index (κ1) is 14.1. The Kier molecular flexibility index (Phi) is 6.99. The summed E-state index contributed by atoms with van der Waals surface area (Å²) in [4.78, 5) is 2.08. The Morgan fingerprint density at radius 2 is 2.07 bits per heavy atom. The second-order valence-electron chi connectivity index (χ2n) is 4.29. The molecule has 0 bridgehead atoms. The zero-order chi connectivity index (χ0) is 11.8. The second-order valence-corrected chi connectivity index (χ2v) is 4.29. The van der Waals surface area contributed by atoms with Crippen LogP contribution in [0.1, 0.15) is 20.3 Å². The molecule has 0 unspecified atom stereocenters. The lowest BCUT2D eigenvalue weighted by atomic mass is 10.0. The molecule has 0 aliphatic heterocycles. The molecular formula is C11H24N4. The van der Waals surface area contributed by atoms with Crippen molar-refractivity contribution in [1.29, 1.82) is 5.41 Å². The van der Waals surface area contributed by atoms with Gasteiger partial charge in [0.1, 0.15) is 0 Å². The molecule has 0 saturated carbocycles. The lowest BCUT2D eigenvalue weighted by Crippen LogP contribution is -2.29. The Morgan fingerprint density at radius 1 is 1.47 bits per heavy atom. The molecule has 0 aliphatic carbocycles. The van der Waals surface area contributed by atoms with Crippen molar-refractivity contribution in [2.24, 2.45) is 17.4 Å². The number of nitrogens with two attached hydrogens (primary N) is 2. The highest BCUT2D eigenvalue weighted by Gasteiger charge is 2.09. The molecule has 0 aromatic carbocycles. The van der Waals surface area contributed by atoms with E-state index >= 15 is 0 Å². The minimum Gasteiger partial charge on any atom is -0.404 e. The van der Waals surface area contributed by atoms with Gasteiger partial charge in [0.2, 0.25) is 0 Å². The zero-order valence-electron chi connectivity index (χ0n) is 10.1. The lowest BCUT2D eigenvalue weighted by molar-refractivity contribution is 0.376. The predicted molar refractivity (Wildman–Crippen MR) is 66.0 cm³/mol. The highest BCUT2D eigenvalue weighted by molar-refractivity contribution is 5.98. The maximum Gasteiger partial charge on any atom is 0.0375 e. The van der Waals surface area contributed by atoms with Crippen LogP contribution in [0.3, 0.4) is 0 Å². The summed E-state index contributed by atoms with van der Waals surface area (Å²) in [7, 11) is 1.99. The van der Waals surface area contributed by atoms with Gasteiger partial charge in [-0.25, -0.2) is 0 Å². The minimum atomic E-state index is 0.493. The number of hydrogen-bond donors (Lipinski definition) is 3. The van der Waals surface area contributed by atoms with Crippen LogP contribution in [0.2, 0.25) is 0 Å². The first-order valence-electron chi connectivity index (χ1n) is 5.38. The fraction of sp³-hybridized carbons (Fsp3) is 0.727. The van der Waals surface area contributed by atoms with Crippen molar-refractivity contribution in [2.45, 2.75) is 20.3 Å². The van der Waals surface area contributed by atoms with Gasteiger partial charge in [0, 0.05) is 37.1 Å². The van der Waals surface area contributed by atoms with Crippen molar-refractivity contribution < 1.29 is 0 Å². The number of hydrogen-bond acceptors (Lipinski definition) is 4. The molecular weight excluding hydrogens is 188 g/mol. The van der Waals surface area contributed by atoms with Crippen molar-refractivity contribution in [2.75, 3.05) is 26.7 Å². The van der Waals surface area contributed by atoms with Crippen LogP contribution in [0.15, 0.2) is 11.8 Å². The summed E-state index contributed by atoms with van der Waals surface area (Å²) in [6, 6.07) is 0. The van der Waals surface area contributed by atoms with Gasteiger partial charge in [-0.1, -0.05) is 13.8 Å². The smallest absolute Gasteiger partial charge is 0.0375 e. The lowest BCUT2D eigenvalue weighted by Gasteiger charge is -2.18. The van der Waals surface area contributed by atoms with E-state index in [2.05, 4.69) is 18.7 Å². The molecule has 0 atom stereocenters. The molecule has 0 rings (SSSR count). The molecule has 5 N–H and O–H groups in total. The van der Waals surface area contributed by atoms with Crippen LogP contribution in [0.25, 0.3) is 0 Å². The van der Waals surface area contributed by atoms with Gasteiger partial charge < -0.3 is 21.8 Å². The number of rotatable bonds is 7. The molecule has 4 nitrogen and oxygen atoms in total. The molecule has 0 aromatic heterocycles. The predicted octanol–water partition coefficient (Wildman–Crippen LogP) is 0.785. The Morgan fingerprint density at radius 3 is 2.47 bits per heavy atom. The van der Waals surface area contributed by atoms with Crippen LogP contribution in [0.5, 0.6) is 0 Å². The normalized spacial score (nSPS) is 12.5. The molecule has 0 radical (unpaired) electrons. The van der Waals surface area contributed by atoms with E-state index in [4.69, 9.17) is 16.9 Å². The maximum absolute atomic E-state index is 7.90. The van der Waals surface area contributed by atoms with Crippen molar-refractivity contribution in [3.05, 3.63) is 11.8 Å². The van der Waals surface area contributed by atoms with Crippen molar-refractivity contribution >= 4 is 5.71 Å². The summed E-state index contributed by atoms with van der Waals surface area (Å²) in [5.41, 5.74) is 12.5. The summed E-state index contributed by atoms with van der Waals surface area (Å²) in [5.74, 6) is 0.493. The van der Waals surface area contributed by atoms with Crippen LogP contribution in [-0.4, -0.2) is 37.3 Å². The molecule has 88 valence electrons. The molecule has 0 fully saturated rings. The Labute approximate surface area is 92.8 Å². The molecule has 0 aliphatic rings. The highest BCUT2D eigenvalue weighted by Crippen LogP contribution is 2.08. The number of nitrogens with zero attached hydrogens (tertiary/aromatic N) is 1. The van der Waals surface area contributed by atoms with Crippen LogP contribution in [-0.2, 0) is 0 Å². The summed E-state index contributed by atoms with van der Waals surface area (Å²) in [5, 5.41) is 7.90. The largest absolute Gasteiger partial charge is 0.404 e. The highest BCUT2D eigenvalue weighted by atomic mass is 15.1. The van der Waals surface area contributed by atoms with E-state index in [1.165, 1.54) is 6.20 Å². The third-order valence-electron chi connectivity index (χ3n) is 2.15. The molecule has 0 saturated heterocycles. The van der Waals surface area contributed by atoms with E-state index in [9.17, 15) is 0 Å². The average Bonchev–Trinajstić information content (AvgIpc) is 2.13. The Hall–Kier alpha value is -0.870. The molecule has 15 heavy (non-hydrogen) atoms. The quantitative estimate of drug-likeness (QED) is 0.546. The standard InChI is InChI=1S/C11H24N4/c1-9(2)6-11(14)10(7-13)8-15(3)5-4-12/h7,9,14H,4-6,8,12-13H2,1-3H3/b10-7-,14-11?. The van der Waals surface area contributed by atoms with Crippen LogP contribution in [0.4, 0.5) is 0 Å². The van der Waals surface area contributed by atoms with Crippen LogP contribution >= 0.6 is 0 Å². The van der Waals surface area contributed by atoms with E-state index in [0.29, 0.717) is 24.7 Å². The van der Waals surface area contributed by atoms with Gasteiger partial charge in [-0.05, 0) is 19.4 Å². The number of likely N-dealkylation sites (N-methyl/N-ethyl adjacent to an activating group) is 1. The summed E-state index contributed by atoms with van der Waals surface area (Å²) in [6.45, 7) is 6.37. The first-order chi connectivity index (χ1) is 7.01. The summed E-state index contributed by atoms with van der Waals surface area (Å²) < 4.78 is 0. The van der Waals surface area contributed by atoms with Crippen LogP contribution in [0, 0.1) is 11.3 Å². The van der Waals surface area contributed by atoms with Gasteiger partial charge in [0.25, 0.3) is 0 Å². The third kappa shape index (κ3) is 6.25. The SMILES string of the molecule is CC(C)CC(=N)/C(=C\N)CN(C)CCN. The molecule has 4 heteroatoms. The van der Waals surface area contributed by atoms with Gasteiger partial charge in [0.15, 0.2) is 0 Å². The average molecular weight is 212 g/mol. The van der Waals surface area contributed by atoms with Gasteiger partial charge in [0.05, 0.1) is 0 Å². The van der Waals surface area contributed by atoms with Crippen molar-refractivity contribution in [3.63, 3.8) is 0 Å². The second kappa shape index (κ2) is 7.43. The van der Waals surface area contributed by atoms with E-state index in [1.54, 1.807) is 0 Å². The van der Waals surface area contributed by atoms with Gasteiger partial charge in [-0.3, -0.25) is 0 Å². The number of nitrogens with one attached hydrogen (secondary N) is 1. The van der Waals surface area contributed by atoms with Crippen molar-refractivity contribution in [3.8, 4) is 0 Å². The van der Waals surface area contributed by atoms with E-state index in [0.717, 1.165) is 18.5 Å². The van der Waals surface area contributed by atoms with Gasteiger partial charge in [-0.2, -0.15) is 0 Å². The summed E-state index contributed by atoms with van der Waals surface area (Å²) in [6.07, 6.45) is 2.32. The Bertz CT molecular complexity index is 221. The third-order valence-corrected chi connectivity index (χ3v) is 2.15. The fourth-order valence-electron chi connectivity index (χ4n) is 1.38. The Balaban J connectivity index is 4.20. The van der Waals surface area contributed by atoms with Gasteiger partial charge >= 0.3 is 0 Å². The zero-order valence-corrected chi connectivity index (χ0v) is 10.1. The van der Waals surface area contributed by atoms with E-state index < -0.39 is 0 Å². The maximum atomic E-state index is 7.90. The molecule has 0 amide bonds. The summed E-state index contributed by atoms with van der Waals surface area (Å²) >= 11 is 0. The van der Waals surface area contributed by atoms with E-state index in [1.807, 2.05) is 7.05 Å². The fourth-order valence-corrected chi connectivity index (χ4v) is 1.38. The molecule has 0 heterocycles. The van der Waals surface area contributed by atoms with Gasteiger partial charge in [-0.15, -0.1) is 0 Å². The van der Waals surface area contributed by atoms with Crippen molar-refractivity contribution in [1.82, 2.24) is 4.90 Å². The molecule has 0 aromatic rings. The minimum absolute atomic E-state index is 0.493. The first-order valence-corrected chi connectivity index (χ1v) is 5.38. The van der Waals surface area contributed by atoms with E-state index in [-0.39, 0.29) is 0 Å². The van der Waals surface area contributed by atoms with Crippen LogP contribution < -0.4 is 11.5 Å². The monoisotopic (exact) mass is 212 g/mol.